The molecule has 4 nitrogen and oxygen atoms in total. The molecule has 6 heteroatoms. The first-order chi connectivity index (χ1) is 15.1. The zero-order valence-corrected chi connectivity index (χ0v) is 18.0. The fraction of sp³-hybridized carbons (Fsp3) is 0.200. The second-order valence-corrected chi connectivity index (χ2v) is 8.29. The smallest absolute Gasteiger partial charge is 0.293 e. The number of carbonyl (C=O) groups is 2. The van der Waals surface area contributed by atoms with Crippen LogP contribution in [0.4, 0.5) is 9.18 Å². The molecule has 3 aromatic carbocycles. The Balaban J connectivity index is 1.67. The first kappa shape index (κ1) is 21.1. The van der Waals surface area contributed by atoms with Gasteiger partial charge < -0.3 is 4.74 Å². The van der Waals surface area contributed by atoms with Crippen molar-refractivity contribution in [1.29, 1.82) is 0 Å². The topological polar surface area (TPSA) is 46.6 Å². The summed E-state index contributed by atoms with van der Waals surface area (Å²) < 4.78 is 19.2. The number of fused-ring (bicyclic) bond motifs is 1. The summed E-state index contributed by atoms with van der Waals surface area (Å²) in [5.74, 6) is -0.0198. The van der Waals surface area contributed by atoms with Gasteiger partial charge >= 0.3 is 0 Å². The van der Waals surface area contributed by atoms with Crippen molar-refractivity contribution in [3.05, 3.63) is 82.5 Å². The highest BCUT2D eigenvalue weighted by Gasteiger charge is 2.35. The summed E-state index contributed by atoms with van der Waals surface area (Å²) in [6.45, 7) is 2.79. The minimum absolute atomic E-state index is 0.109. The summed E-state index contributed by atoms with van der Waals surface area (Å²) in [5, 5.41) is 1.65. The number of unbranched alkanes of at least 4 members (excludes halogenated alkanes) is 1. The van der Waals surface area contributed by atoms with Crippen molar-refractivity contribution >= 4 is 39.8 Å². The Labute approximate surface area is 184 Å². The highest BCUT2D eigenvalue weighted by molar-refractivity contribution is 8.18. The summed E-state index contributed by atoms with van der Waals surface area (Å²) in [6, 6.07) is 17.6. The largest absolute Gasteiger partial charge is 0.493 e. The quantitative estimate of drug-likeness (QED) is 0.318. The highest BCUT2D eigenvalue weighted by atomic mass is 32.2. The number of rotatable bonds is 7. The number of nitrogens with zero attached hydrogens (tertiary/aromatic N) is 1. The lowest BCUT2D eigenvalue weighted by atomic mass is 10.0. The van der Waals surface area contributed by atoms with Crippen LogP contribution in [0.15, 0.2) is 65.6 Å². The lowest BCUT2D eigenvalue weighted by Crippen LogP contribution is -2.27. The molecule has 0 bridgehead atoms. The Morgan fingerprint density at radius 3 is 2.58 bits per heavy atom. The molecule has 158 valence electrons. The number of ether oxygens (including phenoxy) is 1. The van der Waals surface area contributed by atoms with Crippen LogP contribution in [0, 0.1) is 5.82 Å². The normalized spacial score (nSPS) is 15.3. The van der Waals surface area contributed by atoms with Crippen molar-refractivity contribution < 1.29 is 18.7 Å². The highest BCUT2D eigenvalue weighted by Crippen LogP contribution is 2.37. The summed E-state index contributed by atoms with van der Waals surface area (Å²) in [4.78, 5) is 27.1. The fourth-order valence-electron chi connectivity index (χ4n) is 3.42. The molecule has 0 atom stereocenters. The molecule has 0 unspecified atom stereocenters. The van der Waals surface area contributed by atoms with Gasteiger partial charge in [0, 0.05) is 5.56 Å². The van der Waals surface area contributed by atoms with E-state index in [1.165, 1.54) is 17.0 Å². The van der Waals surface area contributed by atoms with Gasteiger partial charge in [-0.3, -0.25) is 14.5 Å². The Kier molecular flexibility index (Phi) is 6.37. The Morgan fingerprint density at radius 2 is 1.81 bits per heavy atom. The fourth-order valence-corrected chi connectivity index (χ4v) is 4.24. The van der Waals surface area contributed by atoms with Gasteiger partial charge in [-0.2, -0.15) is 0 Å². The van der Waals surface area contributed by atoms with E-state index in [-0.39, 0.29) is 23.5 Å². The minimum Gasteiger partial charge on any atom is -0.493 e. The zero-order chi connectivity index (χ0) is 21.8. The molecule has 1 fully saturated rings. The predicted octanol–water partition coefficient (Wildman–Crippen LogP) is 6.39. The molecule has 0 radical (unpaired) electrons. The summed E-state index contributed by atoms with van der Waals surface area (Å²) >= 11 is 0.914. The van der Waals surface area contributed by atoms with E-state index in [1.807, 2.05) is 36.4 Å². The van der Waals surface area contributed by atoms with Gasteiger partial charge in [0.25, 0.3) is 11.1 Å². The predicted molar refractivity (Wildman–Crippen MR) is 122 cm³/mol. The molecule has 31 heavy (non-hydrogen) atoms. The van der Waals surface area contributed by atoms with Crippen molar-refractivity contribution in [2.45, 2.75) is 26.3 Å². The maximum absolute atomic E-state index is 13.2. The minimum atomic E-state index is -0.357. The average molecular weight is 436 g/mol. The van der Waals surface area contributed by atoms with E-state index in [0.717, 1.165) is 40.9 Å². The monoisotopic (exact) mass is 435 g/mol. The Morgan fingerprint density at radius 1 is 1.03 bits per heavy atom. The summed E-state index contributed by atoms with van der Waals surface area (Å²) in [5.41, 5.74) is 1.49. The van der Waals surface area contributed by atoms with Gasteiger partial charge in [-0.25, -0.2) is 4.39 Å². The van der Waals surface area contributed by atoms with Gasteiger partial charge in [-0.1, -0.05) is 55.8 Å². The molecule has 2 amide bonds. The Hall–Kier alpha value is -3.12. The van der Waals surface area contributed by atoms with E-state index < -0.39 is 0 Å². The Bertz CT molecular complexity index is 1160. The maximum atomic E-state index is 13.2. The van der Waals surface area contributed by atoms with Crippen LogP contribution in [0.3, 0.4) is 0 Å². The molecule has 1 aliphatic heterocycles. The third-order valence-corrected chi connectivity index (χ3v) is 6.00. The first-order valence-electron chi connectivity index (χ1n) is 10.2. The number of hydrogen-bond donors (Lipinski definition) is 0. The second-order valence-electron chi connectivity index (χ2n) is 7.29. The number of amides is 2. The number of carbonyl (C=O) groups excluding carboxylic acids is 2. The maximum Gasteiger partial charge on any atom is 0.293 e. The van der Waals surface area contributed by atoms with E-state index in [2.05, 4.69) is 6.92 Å². The molecule has 0 aromatic heterocycles. The standard InChI is InChI=1S/C25H22FNO3S/c1-2-3-14-30-22-13-10-18-6-4-5-7-20(18)21(22)15-23-24(28)27(25(29)31-23)16-17-8-11-19(26)12-9-17/h4-13,15H,2-3,14,16H2,1H3/b23-15-. The molecule has 0 N–H and O–H groups in total. The van der Waals surface area contributed by atoms with Crippen LogP contribution in [0.2, 0.25) is 0 Å². The SMILES string of the molecule is CCCCOc1ccc2ccccc2c1/C=C1\SC(=O)N(Cc2ccc(F)cc2)C1=O. The molecular weight excluding hydrogens is 413 g/mol. The van der Waals surface area contributed by atoms with Crippen LogP contribution in [0.25, 0.3) is 16.8 Å². The third kappa shape index (κ3) is 4.64. The van der Waals surface area contributed by atoms with E-state index in [1.54, 1.807) is 18.2 Å². The van der Waals surface area contributed by atoms with Crippen molar-refractivity contribution in [3.8, 4) is 5.75 Å². The van der Waals surface area contributed by atoms with Crippen LogP contribution < -0.4 is 4.74 Å². The molecule has 0 aliphatic carbocycles. The molecule has 0 saturated carbocycles. The molecule has 1 aliphatic rings. The third-order valence-electron chi connectivity index (χ3n) is 5.09. The lowest BCUT2D eigenvalue weighted by Gasteiger charge is -2.13. The van der Waals surface area contributed by atoms with E-state index in [0.29, 0.717) is 22.8 Å². The second kappa shape index (κ2) is 9.35. The van der Waals surface area contributed by atoms with Gasteiger partial charge in [0.05, 0.1) is 18.1 Å². The van der Waals surface area contributed by atoms with Gasteiger partial charge in [0.2, 0.25) is 0 Å². The van der Waals surface area contributed by atoms with Gasteiger partial charge in [0.1, 0.15) is 11.6 Å². The molecule has 1 heterocycles. The molecule has 3 aromatic rings. The first-order valence-corrected chi connectivity index (χ1v) is 11.0. The number of imide groups is 1. The van der Waals surface area contributed by atoms with Gasteiger partial charge in [-0.15, -0.1) is 0 Å². The van der Waals surface area contributed by atoms with Crippen molar-refractivity contribution in [2.24, 2.45) is 0 Å². The van der Waals surface area contributed by atoms with Crippen LogP contribution in [0.5, 0.6) is 5.75 Å². The molecular formula is C25H22FNO3S. The zero-order valence-electron chi connectivity index (χ0n) is 17.1. The number of thioether (sulfide) groups is 1. The van der Waals surface area contributed by atoms with Crippen molar-refractivity contribution in [2.75, 3.05) is 6.61 Å². The van der Waals surface area contributed by atoms with Crippen LogP contribution in [-0.4, -0.2) is 22.7 Å². The van der Waals surface area contributed by atoms with E-state index >= 15 is 0 Å². The van der Waals surface area contributed by atoms with E-state index in [9.17, 15) is 14.0 Å². The van der Waals surface area contributed by atoms with Crippen molar-refractivity contribution in [1.82, 2.24) is 4.90 Å². The van der Waals surface area contributed by atoms with Crippen molar-refractivity contribution in [3.63, 3.8) is 0 Å². The lowest BCUT2D eigenvalue weighted by molar-refractivity contribution is -0.123. The summed E-state index contributed by atoms with van der Waals surface area (Å²) in [7, 11) is 0. The average Bonchev–Trinajstić information content (AvgIpc) is 3.04. The number of halogens is 1. The van der Waals surface area contributed by atoms with Crippen LogP contribution >= 0.6 is 11.8 Å². The molecule has 0 spiro atoms. The van der Waals surface area contributed by atoms with Crippen LogP contribution in [0.1, 0.15) is 30.9 Å². The van der Waals surface area contributed by atoms with Gasteiger partial charge in [0.15, 0.2) is 0 Å². The summed E-state index contributed by atoms with van der Waals surface area (Å²) in [6.07, 6.45) is 3.70. The number of hydrogen-bond acceptors (Lipinski definition) is 4. The van der Waals surface area contributed by atoms with Gasteiger partial charge in [-0.05, 0) is 58.8 Å². The molecule has 1 saturated heterocycles. The number of benzene rings is 3. The molecule has 4 rings (SSSR count). The van der Waals surface area contributed by atoms with Crippen LogP contribution in [-0.2, 0) is 11.3 Å². The van der Waals surface area contributed by atoms with E-state index in [4.69, 9.17) is 4.74 Å².